The summed E-state index contributed by atoms with van der Waals surface area (Å²) < 4.78 is 10.2. The third-order valence-corrected chi connectivity index (χ3v) is 1.91. The topological polar surface area (TPSA) is 51.3 Å². The number of H-pyrrole nitrogens is 1. The first-order valence-corrected chi connectivity index (χ1v) is 5.26. The minimum atomic E-state index is -0.345. The van der Waals surface area contributed by atoms with E-state index in [9.17, 15) is 4.79 Å². The fourth-order valence-electron chi connectivity index (χ4n) is 1.11. The molecule has 15 heavy (non-hydrogen) atoms. The lowest BCUT2D eigenvalue weighted by Crippen LogP contribution is -2.05. The fourth-order valence-corrected chi connectivity index (χ4v) is 1.11. The molecule has 0 saturated carbocycles. The van der Waals surface area contributed by atoms with E-state index in [0.29, 0.717) is 24.8 Å². The van der Waals surface area contributed by atoms with E-state index >= 15 is 0 Å². The van der Waals surface area contributed by atoms with Crippen LogP contribution in [0.1, 0.15) is 37.2 Å². The largest absolute Gasteiger partial charge is 0.479 e. The lowest BCUT2D eigenvalue weighted by atomic mass is 10.4. The van der Waals surface area contributed by atoms with Crippen LogP contribution in [-0.4, -0.2) is 24.2 Å². The summed E-state index contributed by atoms with van der Waals surface area (Å²) in [6.45, 7) is 4.92. The third kappa shape index (κ3) is 3.65. The van der Waals surface area contributed by atoms with Gasteiger partial charge in [-0.15, -0.1) is 0 Å². The number of ether oxygens (including phenoxy) is 2. The van der Waals surface area contributed by atoms with Crippen LogP contribution in [0.4, 0.5) is 0 Å². The van der Waals surface area contributed by atoms with Gasteiger partial charge in [0.15, 0.2) is 5.88 Å². The van der Waals surface area contributed by atoms with E-state index in [4.69, 9.17) is 9.47 Å². The van der Waals surface area contributed by atoms with Gasteiger partial charge in [0.2, 0.25) is 0 Å². The Labute approximate surface area is 89.6 Å². The molecule has 4 heteroatoms. The van der Waals surface area contributed by atoms with Crippen LogP contribution >= 0.6 is 0 Å². The molecule has 4 nitrogen and oxygen atoms in total. The highest BCUT2D eigenvalue weighted by molar-refractivity contribution is 5.87. The van der Waals surface area contributed by atoms with E-state index < -0.39 is 0 Å². The molecule has 1 rings (SSSR count). The highest BCUT2D eigenvalue weighted by Gasteiger charge is 2.08. The molecule has 0 aliphatic heterocycles. The highest BCUT2D eigenvalue weighted by atomic mass is 16.5. The first-order valence-electron chi connectivity index (χ1n) is 5.26. The van der Waals surface area contributed by atoms with Gasteiger partial charge in [0.05, 0.1) is 13.2 Å². The molecule has 1 N–H and O–H groups in total. The number of aromatic nitrogens is 1. The molecule has 0 radical (unpaired) electrons. The second-order valence-corrected chi connectivity index (χ2v) is 3.16. The molecular formula is C11H17NO3. The molecule has 0 amide bonds. The SMILES string of the molecule is CCCCOc1ccc(C(=O)OCC)[nH]1. The molecule has 0 saturated heterocycles. The van der Waals surface area contributed by atoms with E-state index in [2.05, 4.69) is 11.9 Å². The molecule has 1 aromatic heterocycles. The van der Waals surface area contributed by atoms with Gasteiger partial charge in [-0.25, -0.2) is 4.79 Å². The maximum absolute atomic E-state index is 11.3. The summed E-state index contributed by atoms with van der Waals surface area (Å²) in [6, 6.07) is 3.40. The molecule has 1 aromatic rings. The second-order valence-electron chi connectivity index (χ2n) is 3.16. The number of carbonyl (C=O) groups is 1. The van der Waals surface area contributed by atoms with Gasteiger partial charge in [-0.1, -0.05) is 13.3 Å². The van der Waals surface area contributed by atoms with Gasteiger partial charge in [-0.05, 0) is 19.4 Å². The quantitative estimate of drug-likeness (QED) is 0.580. The summed E-state index contributed by atoms with van der Waals surface area (Å²) in [5, 5.41) is 0. The number of unbranched alkanes of at least 4 members (excludes halogenated alkanes) is 1. The van der Waals surface area contributed by atoms with Gasteiger partial charge < -0.3 is 14.5 Å². The van der Waals surface area contributed by atoms with Crippen molar-refractivity contribution in [3.63, 3.8) is 0 Å². The van der Waals surface area contributed by atoms with Gasteiger partial charge >= 0.3 is 5.97 Å². The van der Waals surface area contributed by atoms with Crippen LogP contribution in [0.15, 0.2) is 12.1 Å². The van der Waals surface area contributed by atoms with Crippen molar-refractivity contribution in [1.29, 1.82) is 0 Å². The third-order valence-electron chi connectivity index (χ3n) is 1.91. The Balaban J connectivity index is 2.45. The molecule has 1 heterocycles. The maximum atomic E-state index is 11.3. The molecule has 0 atom stereocenters. The zero-order valence-corrected chi connectivity index (χ0v) is 9.21. The zero-order chi connectivity index (χ0) is 11.1. The van der Waals surface area contributed by atoms with Gasteiger partial charge in [-0.3, -0.25) is 0 Å². The van der Waals surface area contributed by atoms with Crippen LogP contribution in [0, 0.1) is 0 Å². The maximum Gasteiger partial charge on any atom is 0.354 e. The predicted molar refractivity (Wildman–Crippen MR) is 57.2 cm³/mol. The lowest BCUT2D eigenvalue weighted by molar-refractivity contribution is 0.0519. The van der Waals surface area contributed by atoms with Gasteiger partial charge in [-0.2, -0.15) is 0 Å². The predicted octanol–water partition coefficient (Wildman–Crippen LogP) is 2.37. The Hall–Kier alpha value is -1.45. The van der Waals surface area contributed by atoms with Crippen molar-refractivity contribution in [3.8, 4) is 5.88 Å². The average Bonchev–Trinajstić information content (AvgIpc) is 2.67. The lowest BCUT2D eigenvalue weighted by Gasteiger charge is -2.01. The molecule has 0 bridgehead atoms. The summed E-state index contributed by atoms with van der Waals surface area (Å²) in [5.74, 6) is 0.273. The van der Waals surface area contributed by atoms with E-state index in [1.165, 1.54) is 0 Å². The van der Waals surface area contributed by atoms with Crippen LogP contribution in [-0.2, 0) is 4.74 Å². The Morgan fingerprint density at radius 1 is 1.40 bits per heavy atom. The Kier molecular flexibility index (Phi) is 4.74. The molecule has 0 fully saturated rings. The van der Waals surface area contributed by atoms with E-state index in [0.717, 1.165) is 12.8 Å². The second kappa shape index (κ2) is 6.11. The molecule has 84 valence electrons. The number of rotatable bonds is 6. The first-order chi connectivity index (χ1) is 7.27. The Morgan fingerprint density at radius 2 is 2.20 bits per heavy atom. The Morgan fingerprint density at radius 3 is 2.87 bits per heavy atom. The summed E-state index contributed by atoms with van der Waals surface area (Å²) in [6.07, 6.45) is 2.10. The van der Waals surface area contributed by atoms with E-state index in [-0.39, 0.29) is 5.97 Å². The van der Waals surface area contributed by atoms with Crippen LogP contribution < -0.4 is 4.74 Å². The number of esters is 1. The van der Waals surface area contributed by atoms with Crippen molar-refractivity contribution < 1.29 is 14.3 Å². The summed E-state index contributed by atoms with van der Waals surface area (Å²) in [4.78, 5) is 14.1. The number of nitrogens with one attached hydrogen (secondary N) is 1. The van der Waals surface area contributed by atoms with Crippen molar-refractivity contribution in [3.05, 3.63) is 17.8 Å². The molecule has 0 aromatic carbocycles. The number of hydrogen-bond donors (Lipinski definition) is 1. The molecule has 0 unspecified atom stereocenters. The van der Waals surface area contributed by atoms with Gasteiger partial charge in [0, 0.05) is 6.07 Å². The van der Waals surface area contributed by atoms with Crippen LogP contribution in [0.3, 0.4) is 0 Å². The van der Waals surface area contributed by atoms with Crippen LogP contribution in [0.25, 0.3) is 0 Å². The van der Waals surface area contributed by atoms with Crippen molar-refractivity contribution in [1.82, 2.24) is 4.98 Å². The minimum absolute atomic E-state index is 0.345. The van der Waals surface area contributed by atoms with E-state index in [1.54, 1.807) is 19.1 Å². The summed E-state index contributed by atoms with van der Waals surface area (Å²) >= 11 is 0. The number of hydrogen-bond acceptors (Lipinski definition) is 3. The molecule has 0 aliphatic rings. The number of aromatic amines is 1. The van der Waals surface area contributed by atoms with E-state index in [1.807, 2.05) is 0 Å². The molecular weight excluding hydrogens is 194 g/mol. The van der Waals surface area contributed by atoms with Gasteiger partial charge in [0.25, 0.3) is 0 Å². The summed E-state index contributed by atoms with van der Waals surface area (Å²) in [5.41, 5.74) is 0.434. The fraction of sp³-hybridized carbons (Fsp3) is 0.545. The average molecular weight is 211 g/mol. The first kappa shape index (κ1) is 11.6. The number of carbonyl (C=O) groups excluding carboxylic acids is 1. The van der Waals surface area contributed by atoms with Crippen molar-refractivity contribution >= 4 is 5.97 Å². The van der Waals surface area contributed by atoms with Crippen LogP contribution in [0.2, 0.25) is 0 Å². The standard InChI is InChI=1S/C11H17NO3/c1-3-5-8-15-10-7-6-9(12-10)11(13)14-4-2/h6-7,12H,3-5,8H2,1-2H3. The monoisotopic (exact) mass is 211 g/mol. The zero-order valence-electron chi connectivity index (χ0n) is 9.21. The van der Waals surface area contributed by atoms with Crippen molar-refractivity contribution in [2.75, 3.05) is 13.2 Å². The Bertz CT molecular complexity index is 307. The smallest absolute Gasteiger partial charge is 0.354 e. The van der Waals surface area contributed by atoms with Crippen molar-refractivity contribution in [2.24, 2.45) is 0 Å². The highest BCUT2D eigenvalue weighted by Crippen LogP contribution is 2.11. The normalized spacial score (nSPS) is 10.0. The minimum Gasteiger partial charge on any atom is -0.479 e. The summed E-state index contributed by atoms with van der Waals surface area (Å²) in [7, 11) is 0. The van der Waals surface area contributed by atoms with Crippen LogP contribution in [0.5, 0.6) is 5.88 Å². The molecule has 0 spiro atoms. The van der Waals surface area contributed by atoms with Crippen molar-refractivity contribution in [2.45, 2.75) is 26.7 Å². The molecule has 0 aliphatic carbocycles. The van der Waals surface area contributed by atoms with Gasteiger partial charge in [0.1, 0.15) is 5.69 Å².